The molecular formula is C69H134O17P2. The van der Waals surface area contributed by atoms with E-state index in [2.05, 4.69) is 55.4 Å². The molecule has 0 aliphatic heterocycles. The van der Waals surface area contributed by atoms with Crippen LogP contribution in [0.2, 0.25) is 0 Å². The second-order valence-electron chi connectivity index (χ2n) is 26.8. The quantitative estimate of drug-likeness (QED) is 0.0222. The van der Waals surface area contributed by atoms with E-state index < -0.39 is 97.5 Å². The SMILES string of the molecule is CC(C)CCCCCCCCCCCCCCCCCC(=O)OC[C@H](COP(=O)(O)OC[C@@H](O)COP(=O)(O)OC[C@@H](COC(=O)CCCCCCCCC(C)C)OC(=O)CCCCCCCCCCCC(C)C)OC(=O)CCCCCCCCC(C)C. The van der Waals surface area contributed by atoms with Crippen molar-refractivity contribution >= 4 is 39.5 Å². The van der Waals surface area contributed by atoms with Crippen LogP contribution >= 0.6 is 15.6 Å². The zero-order valence-corrected chi connectivity index (χ0v) is 59.1. The minimum Gasteiger partial charge on any atom is -0.462 e. The van der Waals surface area contributed by atoms with E-state index in [1.54, 1.807) is 0 Å². The molecule has 0 spiro atoms. The predicted octanol–water partition coefficient (Wildman–Crippen LogP) is 19.3. The Labute approximate surface area is 537 Å². The minimum absolute atomic E-state index is 0.102. The second kappa shape index (κ2) is 58.8. The first kappa shape index (κ1) is 86.1. The van der Waals surface area contributed by atoms with Gasteiger partial charge < -0.3 is 33.8 Å². The number of aliphatic hydroxyl groups is 1. The number of ether oxygens (including phenoxy) is 4. The molecule has 0 aliphatic carbocycles. The lowest BCUT2D eigenvalue weighted by molar-refractivity contribution is -0.161. The van der Waals surface area contributed by atoms with Gasteiger partial charge in [0.25, 0.3) is 0 Å². The summed E-state index contributed by atoms with van der Waals surface area (Å²) in [5.41, 5.74) is 0. The van der Waals surface area contributed by atoms with Gasteiger partial charge in [-0.15, -0.1) is 0 Å². The average Bonchev–Trinajstić information content (AvgIpc) is 3.63. The molecule has 0 amide bonds. The summed E-state index contributed by atoms with van der Waals surface area (Å²) in [6.07, 6.45) is 40.7. The van der Waals surface area contributed by atoms with Gasteiger partial charge in [-0.2, -0.15) is 0 Å². The normalized spacial score (nSPS) is 14.3. The lowest BCUT2D eigenvalue weighted by Gasteiger charge is -2.21. The molecule has 0 fully saturated rings. The fourth-order valence-corrected chi connectivity index (χ4v) is 11.9. The highest BCUT2D eigenvalue weighted by atomic mass is 31.2. The molecule has 0 heterocycles. The first-order valence-electron chi connectivity index (χ1n) is 35.7. The van der Waals surface area contributed by atoms with E-state index in [9.17, 15) is 43.2 Å². The van der Waals surface area contributed by atoms with E-state index in [1.165, 1.54) is 135 Å². The molecule has 2 unspecified atom stereocenters. The van der Waals surface area contributed by atoms with Crippen molar-refractivity contribution in [1.29, 1.82) is 0 Å². The van der Waals surface area contributed by atoms with Gasteiger partial charge in [0.15, 0.2) is 12.2 Å². The van der Waals surface area contributed by atoms with Crippen LogP contribution in [0.25, 0.3) is 0 Å². The summed E-state index contributed by atoms with van der Waals surface area (Å²) < 4.78 is 68.1. The molecule has 0 aromatic rings. The number of unbranched alkanes of at least 4 members (excludes halogenated alkanes) is 32. The third kappa shape index (κ3) is 62.8. The van der Waals surface area contributed by atoms with Crippen molar-refractivity contribution < 1.29 is 80.2 Å². The summed E-state index contributed by atoms with van der Waals surface area (Å²) in [6, 6.07) is 0. The zero-order chi connectivity index (χ0) is 65.4. The molecule has 0 aromatic heterocycles. The van der Waals surface area contributed by atoms with Crippen LogP contribution in [0.4, 0.5) is 0 Å². The van der Waals surface area contributed by atoms with Gasteiger partial charge in [-0.3, -0.25) is 37.3 Å². The van der Waals surface area contributed by atoms with Gasteiger partial charge in [-0.1, -0.05) is 287 Å². The lowest BCUT2D eigenvalue weighted by Crippen LogP contribution is -2.30. The smallest absolute Gasteiger partial charge is 0.462 e. The highest BCUT2D eigenvalue weighted by Gasteiger charge is 2.30. The maximum Gasteiger partial charge on any atom is 0.472 e. The molecule has 0 saturated heterocycles. The van der Waals surface area contributed by atoms with Crippen LogP contribution in [0, 0.1) is 23.7 Å². The first-order chi connectivity index (χ1) is 42.1. The summed E-state index contributed by atoms with van der Waals surface area (Å²) >= 11 is 0. The Bertz CT molecular complexity index is 1750. The van der Waals surface area contributed by atoms with E-state index in [-0.39, 0.29) is 25.7 Å². The maximum atomic E-state index is 13.0. The van der Waals surface area contributed by atoms with Crippen molar-refractivity contribution in [2.45, 2.75) is 356 Å². The van der Waals surface area contributed by atoms with Gasteiger partial charge in [0.1, 0.15) is 19.3 Å². The number of carbonyl (C=O) groups is 4. The molecule has 0 aromatic carbocycles. The second-order valence-corrected chi connectivity index (χ2v) is 29.7. The van der Waals surface area contributed by atoms with Gasteiger partial charge in [0, 0.05) is 25.7 Å². The molecule has 0 saturated carbocycles. The van der Waals surface area contributed by atoms with Crippen molar-refractivity contribution in [3.8, 4) is 0 Å². The molecule has 0 bridgehead atoms. The molecule has 0 rings (SSSR count). The van der Waals surface area contributed by atoms with Crippen molar-refractivity contribution in [3.63, 3.8) is 0 Å². The standard InChI is InChI=1S/C69H134O17P2/c1-59(2)45-37-29-21-17-14-12-10-9-11-13-15-19-23-33-41-49-66(71)79-55-65(86-69(74)52-44-36-28-26-32-40-48-62(7)8)58-84-88(77,78)82-54-63(70)53-81-87(75,76)83-57-64(56-80-67(72)50-42-34-27-25-31-39-47-61(5)6)85-68(73)51-43-35-24-20-16-18-22-30-38-46-60(3)4/h59-65,70H,9-58H2,1-8H3,(H,75,76)(H,77,78)/t63-,64+,65+/m0/s1. The highest BCUT2D eigenvalue weighted by Crippen LogP contribution is 2.45. The van der Waals surface area contributed by atoms with Gasteiger partial charge in [-0.05, 0) is 49.4 Å². The molecule has 88 heavy (non-hydrogen) atoms. The topological polar surface area (TPSA) is 237 Å². The van der Waals surface area contributed by atoms with Crippen molar-refractivity contribution in [1.82, 2.24) is 0 Å². The van der Waals surface area contributed by atoms with Crippen LogP contribution < -0.4 is 0 Å². The summed E-state index contributed by atoms with van der Waals surface area (Å²) in [6.45, 7) is 14.0. The van der Waals surface area contributed by atoms with Crippen LogP contribution in [0.15, 0.2) is 0 Å². The number of esters is 4. The largest absolute Gasteiger partial charge is 0.472 e. The van der Waals surface area contributed by atoms with Gasteiger partial charge in [-0.25, -0.2) is 9.13 Å². The number of rotatable bonds is 66. The Balaban J connectivity index is 5.16. The summed E-state index contributed by atoms with van der Waals surface area (Å²) in [5.74, 6) is 0.754. The van der Waals surface area contributed by atoms with E-state index >= 15 is 0 Å². The van der Waals surface area contributed by atoms with E-state index in [0.29, 0.717) is 37.5 Å². The summed E-state index contributed by atoms with van der Waals surface area (Å²) in [5, 5.41) is 10.6. The molecule has 0 radical (unpaired) electrons. The molecule has 17 nitrogen and oxygen atoms in total. The fourth-order valence-electron chi connectivity index (χ4n) is 10.3. The van der Waals surface area contributed by atoms with E-state index in [1.807, 2.05) is 0 Å². The Morgan fingerprint density at radius 3 is 0.705 bits per heavy atom. The van der Waals surface area contributed by atoms with Crippen LogP contribution in [0.5, 0.6) is 0 Å². The van der Waals surface area contributed by atoms with Crippen molar-refractivity contribution in [2.24, 2.45) is 23.7 Å². The Kier molecular flexibility index (Phi) is 57.6. The Morgan fingerprint density at radius 2 is 0.477 bits per heavy atom. The van der Waals surface area contributed by atoms with Crippen molar-refractivity contribution in [2.75, 3.05) is 39.6 Å². The Morgan fingerprint density at radius 1 is 0.284 bits per heavy atom. The number of hydrogen-bond acceptors (Lipinski definition) is 15. The van der Waals surface area contributed by atoms with E-state index in [4.69, 9.17) is 37.0 Å². The maximum absolute atomic E-state index is 13.0. The molecular weight excluding hydrogens is 1160 g/mol. The number of hydrogen-bond donors (Lipinski definition) is 3. The van der Waals surface area contributed by atoms with Gasteiger partial charge in [0.2, 0.25) is 0 Å². The fraction of sp³-hybridized carbons (Fsp3) is 0.942. The lowest BCUT2D eigenvalue weighted by atomic mass is 10.0. The third-order valence-corrected chi connectivity index (χ3v) is 17.7. The van der Waals surface area contributed by atoms with Gasteiger partial charge in [0.05, 0.1) is 26.4 Å². The van der Waals surface area contributed by atoms with Crippen molar-refractivity contribution in [3.05, 3.63) is 0 Å². The van der Waals surface area contributed by atoms with Gasteiger partial charge >= 0.3 is 39.5 Å². The zero-order valence-electron chi connectivity index (χ0n) is 57.3. The number of aliphatic hydroxyl groups excluding tert-OH is 1. The number of phosphoric acid groups is 2. The van der Waals surface area contributed by atoms with E-state index in [0.717, 1.165) is 108 Å². The third-order valence-electron chi connectivity index (χ3n) is 15.8. The van der Waals surface area contributed by atoms with Crippen LogP contribution in [0.1, 0.15) is 338 Å². The molecule has 19 heteroatoms. The summed E-state index contributed by atoms with van der Waals surface area (Å²) in [4.78, 5) is 72.4. The molecule has 5 atom stereocenters. The molecule has 522 valence electrons. The Hall–Kier alpha value is -1.94. The molecule has 0 aliphatic rings. The summed E-state index contributed by atoms with van der Waals surface area (Å²) in [7, 11) is -9.90. The highest BCUT2D eigenvalue weighted by molar-refractivity contribution is 7.47. The van der Waals surface area contributed by atoms with Crippen LogP contribution in [0.3, 0.4) is 0 Å². The monoisotopic (exact) mass is 1300 g/mol. The number of carbonyl (C=O) groups excluding carboxylic acids is 4. The molecule has 3 N–H and O–H groups in total. The minimum atomic E-state index is -4.95. The van der Waals surface area contributed by atoms with Crippen LogP contribution in [-0.2, 0) is 65.4 Å². The number of phosphoric ester groups is 2. The predicted molar refractivity (Wildman–Crippen MR) is 354 cm³/mol. The van der Waals surface area contributed by atoms with Crippen LogP contribution in [-0.4, -0.2) is 96.7 Å². The first-order valence-corrected chi connectivity index (χ1v) is 38.7. The average molecular weight is 1300 g/mol.